The number of hydrogen-bond donors (Lipinski definition) is 3. The molecule has 156 valence electrons. The molecule has 8 nitrogen and oxygen atoms in total. The van der Waals surface area contributed by atoms with Gasteiger partial charge in [-0.3, -0.25) is 14.5 Å². The maximum absolute atomic E-state index is 12.9. The highest BCUT2D eigenvalue weighted by Gasteiger charge is 2.31. The lowest BCUT2D eigenvalue weighted by molar-refractivity contribution is -0.123. The summed E-state index contributed by atoms with van der Waals surface area (Å²) in [6, 6.07) is 13.1. The number of fused-ring (bicyclic) bond motifs is 2. The normalized spacial score (nSPS) is 18.2. The van der Waals surface area contributed by atoms with Crippen LogP contribution in [-0.2, 0) is 14.8 Å². The lowest BCUT2D eigenvalue weighted by Crippen LogP contribution is -2.38. The number of para-hydroxylation sites is 2. The second kappa shape index (κ2) is 7.56. The van der Waals surface area contributed by atoms with Crippen LogP contribution in [0.3, 0.4) is 0 Å². The van der Waals surface area contributed by atoms with Gasteiger partial charge >= 0.3 is 0 Å². The maximum atomic E-state index is 12.9. The molecule has 30 heavy (non-hydrogen) atoms. The van der Waals surface area contributed by atoms with Crippen molar-refractivity contribution < 1.29 is 13.2 Å². The van der Waals surface area contributed by atoms with Crippen molar-refractivity contribution in [2.75, 3.05) is 0 Å². The van der Waals surface area contributed by atoms with Gasteiger partial charge in [-0.25, -0.2) is 13.4 Å². The minimum absolute atomic E-state index is 0.0834. The quantitative estimate of drug-likeness (QED) is 0.582. The molecule has 0 bridgehead atoms. The molecule has 3 aromatic rings. The Hall–Kier alpha value is -3.20. The van der Waals surface area contributed by atoms with Crippen LogP contribution in [0.2, 0.25) is 0 Å². The number of aliphatic imine (C=N–C) groups is 1. The second-order valence-electron chi connectivity index (χ2n) is 7.62. The van der Waals surface area contributed by atoms with Crippen LogP contribution in [0.1, 0.15) is 38.2 Å². The van der Waals surface area contributed by atoms with E-state index in [0.29, 0.717) is 11.4 Å². The second-order valence-corrected chi connectivity index (χ2v) is 9.28. The van der Waals surface area contributed by atoms with Crippen LogP contribution in [0.5, 0.6) is 0 Å². The molecule has 2 atom stereocenters. The Labute approximate surface area is 174 Å². The number of sulfonamides is 1. The molecule has 1 aromatic heterocycles. The first-order valence-corrected chi connectivity index (χ1v) is 11.2. The summed E-state index contributed by atoms with van der Waals surface area (Å²) < 4.78 is 26.9. The summed E-state index contributed by atoms with van der Waals surface area (Å²) in [6.45, 7) is 5.62. The maximum Gasteiger partial charge on any atom is 0.263 e. The van der Waals surface area contributed by atoms with E-state index in [1.54, 1.807) is 25.1 Å². The number of hydrogen-bond acceptors (Lipinski definition) is 5. The van der Waals surface area contributed by atoms with Gasteiger partial charge in [-0.15, -0.1) is 0 Å². The smallest absolute Gasteiger partial charge is 0.263 e. The molecule has 3 N–H and O–H groups in total. The summed E-state index contributed by atoms with van der Waals surface area (Å²) in [5.74, 6) is 0.620. The Morgan fingerprint density at radius 2 is 1.77 bits per heavy atom. The summed E-state index contributed by atoms with van der Waals surface area (Å²) in [5, 5.41) is 3.00. The highest BCUT2D eigenvalue weighted by atomic mass is 32.2. The Bertz CT molecular complexity index is 1210. The molecule has 1 aliphatic heterocycles. The van der Waals surface area contributed by atoms with Gasteiger partial charge in [0, 0.05) is 5.56 Å². The fraction of sp³-hybridized carbons (Fsp3) is 0.286. The van der Waals surface area contributed by atoms with Crippen molar-refractivity contribution in [2.24, 2.45) is 10.9 Å². The first-order valence-electron chi connectivity index (χ1n) is 9.71. The Morgan fingerprint density at radius 3 is 2.50 bits per heavy atom. The number of rotatable bonds is 5. The number of amidine groups is 1. The van der Waals surface area contributed by atoms with Gasteiger partial charge in [0.05, 0.1) is 22.0 Å². The van der Waals surface area contributed by atoms with Gasteiger partial charge in [0.2, 0.25) is 5.91 Å². The molecule has 1 aliphatic rings. The van der Waals surface area contributed by atoms with Crippen molar-refractivity contribution >= 4 is 32.8 Å². The molecule has 0 spiro atoms. The van der Waals surface area contributed by atoms with Gasteiger partial charge in [0.25, 0.3) is 10.0 Å². The molecular weight excluding hydrogens is 402 g/mol. The molecule has 1 amide bonds. The third-order valence-corrected chi connectivity index (χ3v) is 6.43. The number of nitrogens with zero attached hydrogens (tertiary/aromatic N) is 2. The fourth-order valence-corrected chi connectivity index (χ4v) is 4.67. The standard InChI is InChI=1S/C21H23N5O3S/c1-12(2)18(20-23-15-9-5-6-10-16(15)24-20)25-21(27)13(3)22-19-14-8-4-7-11-17(14)30(28,29)26-19/h4-13,18H,1-3H3,(H,22,26)(H,23,24)(H,25,27). The lowest BCUT2D eigenvalue weighted by atomic mass is 10.0. The minimum Gasteiger partial charge on any atom is -0.344 e. The van der Waals surface area contributed by atoms with Crippen molar-refractivity contribution in [3.05, 3.63) is 59.9 Å². The highest BCUT2D eigenvalue weighted by molar-refractivity contribution is 7.90. The molecule has 2 heterocycles. The predicted molar refractivity (Wildman–Crippen MR) is 115 cm³/mol. The number of H-pyrrole nitrogens is 1. The molecule has 9 heteroatoms. The van der Waals surface area contributed by atoms with Crippen LogP contribution < -0.4 is 10.0 Å². The van der Waals surface area contributed by atoms with E-state index in [2.05, 4.69) is 25.0 Å². The van der Waals surface area contributed by atoms with Gasteiger partial charge < -0.3 is 10.3 Å². The average molecular weight is 426 g/mol. The molecular formula is C21H23N5O3S. The third-order valence-electron chi connectivity index (χ3n) is 5.03. The first kappa shape index (κ1) is 20.1. The zero-order chi connectivity index (χ0) is 21.5. The van der Waals surface area contributed by atoms with Crippen molar-refractivity contribution in [3.8, 4) is 0 Å². The van der Waals surface area contributed by atoms with E-state index in [1.165, 1.54) is 6.07 Å². The number of carbonyl (C=O) groups excluding carboxylic acids is 1. The SMILES string of the molecule is CC(N=C1NS(=O)(=O)c2ccccc21)C(=O)NC(c1nc2ccccc2[nH]1)C(C)C. The number of imidazole rings is 1. The molecule has 4 rings (SSSR count). The van der Waals surface area contributed by atoms with Gasteiger partial charge in [0.1, 0.15) is 17.7 Å². The van der Waals surface area contributed by atoms with E-state index < -0.39 is 16.1 Å². The highest BCUT2D eigenvalue weighted by Crippen LogP contribution is 2.24. The molecule has 0 aliphatic carbocycles. The summed E-state index contributed by atoms with van der Waals surface area (Å²) in [4.78, 5) is 25.2. The van der Waals surface area contributed by atoms with E-state index >= 15 is 0 Å². The van der Waals surface area contributed by atoms with Crippen LogP contribution in [-0.4, -0.2) is 36.2 Å². The van der Waals surface area contributed by atoms with Gasteiger partial charge in [-0.05, 0) is 37.1 Å². The zero-order valence-corrected chi connectivity index (χ0v) is 17.7. The predicted octanol–water partition coefficient (Wildman–Crippen LogP) is 2.50. The van der Waals surface area contributed by atoms with Gasteiger partial charge in [-0.1, -0.05) is 38.1 Å². The van der Waals surface area contributed by atoms with Crippen molar-refractivity contribution in [3.63, 3.8) is 0 Å². The van der Waals surface area contributed by atoms with Crippen LogP contribution in [0.25, 0.3) is 11.0 Å². The fourth-order valence-electron chi connectivity index (χ4n) is 3.43. The molecule has 0 saturated carbocycles. The van der Waals surface area contributed by atoms with Crippen LogP contribution in [0.4, 0.5) is 0 Å². The topological polar surface area (TPSA) is 116 Å². The Morgan fingerprint density at radius 1 is 1.07 bits per heavy atom. The van der Waals surface area contributed by atoms with Gasteiger partial charge in [-0.2, -0.15) is 0 Å². The number of amides is 1. The Kier molecular flexibility index (Phi) is 5.07. The summed E-state index contributed by atoms with van der Waals surface area (Å²) in [7, 11) is -3.65. The van der Waals surface area contributed by atoms with Crippen molar-refractivity contribution in [1.29, 1.82) is 0 Å². The zero-order valence-electron chi connectivity index (χ0n) is 16.9. The van der Waals surface area contributed by atoms with Crippen LogP contribution in [0, 0.1) is 5.92 Å². The van der Waals surface area contributed by atoms with Crippen LogP contribution >= 0.6 is 0 Å². The third kappa shape index (κ3) is 3.68. The van der Waals surface area contributed by atoms with E-state index in [-0.39, 0.29) is 28.6 Å². The lowest BCUT2D eigenvalue weighted by Gasteiger charge is -2.21. The van der Waals surface area contributed by atoms with E-state index in [9.17, 15) is 13.2 Å². The number of carbonyl (C=O) groups is 1. The monoisotopic (exact) mass is 425 g/mol. The molecule has 0 fully saturated rings. The number of benzene rings is 2. The van der Waals surface area contributed by atoms with Gasteiger partial charge in [0.15, 0.2) is 0 Å². The summed E-state index contributed by atoms with van der Waals surface area (Å²) in [6.07, 6.45) is 0. The molecule has 2 aromatic carbocycles. The van der Waals surface area contributed by atoms with Crippen molar-refractivity contribution in [2.45, 2.75) is 37.8 Å². The number of aromatic nitrogens is 2. The largest absolute Gasteiger partial charge is 0.344 e. The number of aromatic amines is 1. The molecule has 0 saturated heterocycles. The van der Waals surface area contributed by atoms with E-state index in [1.807, 2.05) is 38.1 Å². The van der Waals surface area contributed by atoms with E-state index in [0.717, 1.165) is 11.0 Å². The summed E-state index contributed by atoms with van der Waals surface area (Å²) in [5.41, 5.74) is 2.20. The number of nitrogens with one attached hydrogen (secondary N) is 3. The first-order chi connectivity index (χ1) is 14.3. The van der Waals surface area contributed by atoms with Crippen LogP contribution in [0.15, 0.2) is 58.4 Å². The Balaban J connectivity index is 1.57. The molecule has 2 unspecified atom stereocenters. The van der Waals surface area contributed by atoms with E-state index in [4.69, 9.17) is 0 Å². The minimum atomic E-state index is -3.65. The average Bonchev–Trinajstić information content (AvgIpc) is 3.24. The van der Waals surface area contributed by atoms with Crippen molar-refractivity contribution in [1.82, 2.24) is 20.0 Å². The summed E-state index contributed by atoms with van der Waals surface area (Å²) >= 11 is 0. The molecule has 0 radical (unpaired) electrons.